The van der Waals surface area contributed by atoms with Crippen molar-refractivity contribution in [1.29, 1.82) is 0 Å². The van der Waals surface area contributed by atoms with Crippen LogP contribution in [0.5, 0.6) is 17.2 Å². The first kappa shape index (κ1) is 16.8. The van der Waals surface area contributed by atoms with E-state index in [4.69, 9.17) is 13.6 Å². The highest BCUT2D eigenvalue weighted by molar-refractivity contribution is 7.43. The monoisotopic (exact) mass is 327 g/mol. The van der Waals surface area contributed by atoms with Gasteiger partial charge >= 0.3 is 8.60 Å². The van der Waals surface area contributed by atoms with Gasteiger partial charge in [0, 0.05) is 0 Å². The van der Waals surface area contributed by atoms with Gasteiger partial charge < -0.3 is 19.7 Å². The molecule has 4 nitrogen and oxygen atoms in total. The van der Waals surface area contributed by atoms with Crippen LogP contribution in [0.1, 0.15) is 0 Å². The molecule has 118 valence electrons. The van der Waals surface area contributed by atoms with Crippen LogP contribution < -0.4 is 19.7 Å². The summed E-state index contributed by atoms with van der Waals surface area (Å²) in [5.41, 5.74) is 0. The Morgan fingerprint density at radius 1 is 0.435 bits per heavy atom. The minimum absolute atomic E-state index is 0. The van der Waals surface area contributed by atoms with Crippen LogP contribution in [0.4, 0.5) is 0 Å². The summed E-state index contributed by atoms with van der Waals surface area (Å²) in [7, 11) is -1.59. The normalized spacial score (nSPS) is 9.78. The van der Waals surface area contributed by atoms with E-state index in [1.54, 1.807) is 0 Å². The maximum Gasteiger partial charge on any atom is 0.530 e. The first-order valence-corrected chi connectivity index (χ1v) is 7.99. The molecule has 0 atom stereocenters. The van der Waals surface area contributed by atoms with Crippen LogP contribution in [0.25, 0.3) is 0 Å². The van der Waals surface area contributed by atoms with Gasteiger partial charge in [0.05, 0.1) is 0 Å². The second-order valence-electron chi connectivity index (χ2n) is 4.44. The average Bonchev–Trinajstić information content (AvgIpc) is 2.57. The molecule has 0 spiro atoms. The Kier molecular flexibility index (Phi) is 6.42. The molecule has 0 aliphatic rings. The lowest BCUT2D eigenvalue weighted by atomic mass is 10.3. The summed E-state index contributed by atoms with van der Waals surface area (Å²) >= 11 is 0. The first-order valence-electron chi connectivity index (χ1n) is 6.89. The van der Waals surface area contributed by atoms with Crippen LogP contribution in [0.2, 0.25) is 0 Å². The van der Waals surface area contributed by atoms with E-state index in [-0.39, 0.29) is 6.15 Å². The molecule has 3 aromatic carbocycles. The molecule has 23 heavy (non-hydrogen) atoms. The molecule has 0 aliphatic carbocycles. The van der Waals surface area contributed by atoms with Gasteiger partial charge in [-0.2, -0.15) is 0 Å². The summed E-state index contributed by atoms with van der Waals surface area (Å²) in [6, 6.07) is 28.5. The van der Waals surface area contributed by atoms with Crippen molar-refractivity contribution in [2.45, 2.75) is 0 Å². The van der Waals surface area contributed by atoms with Crippen LogP contribution >= 0.6 is 8.60 Å². The van der Waals surface area contributed by atoms with E-state index in [1.807, 2.05) is 91.0 Å². The van der Waals surface area contributed by atoms with Crippen molar-refractivity contribution < 1.29 is 13.6 Å². The molecular weight excluding hydrogens is 309 g/mol. The van der Waals surface area contributed by atoms with Gasteiger partial charge in [0.1, 0.15) is 17.2 Å². The van der Waals surface area contributed by atoms with Gasteiger partial charge in [0.15, 0.2) is 0 Å². The van der Waals surface area contributed by atoms with Gasteiger partial charge in [0.2, 0.25) is 0 Å². The SMILES string of the molecule is N.c1ccc(OP(Oc2ccccc2)Oc2ccccc2)cc1. The maximum atomic E-state index is 5.84. The minimum atomic E-state index is -1.59. The van der Waals surface area contributed by atoms with Gasteiger partial charge in [-0.15, -0.1) is 0 Å². The highest BCUT2D eigenvalue weighted by Gasteiger charge is 2.19. The van der Waals surface area contributed by atoms with Crippen molar-refractivity contribution in [1.82, 2.24) is 6.15 Å². The van der Waals surface area contributed by atoms with E-state index < -0.39 is 8.60 Å². The third-order valence-corrected chi connectivity index (χ3v) is 3.85. The molecule has 3 N–H and O–H groups in total. The fraction of sp³-hybridized carbons (Fsp3) is 0. The quantitative estimate of drug-likeness (QED) is 0.597. The molecule has 0 bridgehead atoms. The molecule has 0 amide bonds. The smallest absolute Gasteiger partial charge is 0.409 e. The first-order chi connectivity index (χ1) is 10.9. The van der Waals surface area contributed by atoms with Crippen LogP contribution in [0.3, 0.4) is 0 Å². The van der Waals surface area contributed by atoms with E-state index in [1.165, 1.54) is 0 Å². The van der Waals surface area contributed by atoms with E-state index in [9.17, 15) is 0 Å². The molecule has 0 saturated heterocycles. The largest absolute Gasteiger partial charge is 0.530 e. The molecule has 5 heteroatoms. The summed E-state index contributed by atoms with van der Waals surface area (Å²) in [5.74, 6) is 2.13. The fourth-order valence-electron chi connectivity index (χ4n) is 1.76. The molecular formula is C18H18NO3P. The van der Waals surface area contributed by atoms with Crippen molar-refractivity contribution in [3.8, 4) is 17.2 Å². The maximum absolute atomic E-state index is 5.84. The average molecular weight is 327 g/mol. The molecule has 0 radical (unpaired) electrons. The molecule has 0 saturated carbocycles. The van der Waals surface area contributed by atoms with Crippen LogP contribution in [-0.4, -0.2) is 0 Å². The number of hydrogen-bond acceptors (Lipinski definition) is 4. The Balaban J connectivity index is 0.00000192. The van der Waals surface area contributed by atoms with Crippen molar-refractivity contribution in [2.75, 3.05) is 0 Å². The van der Waals surface area contributed by atoms with Crippen LogP contribution in [0, 0.1) is 0 Å². The predicted octanol–water partition coefficient (Wildman–Crippen LogP) is 5.61. The number of para-hydroxylation sites is 3. The number of benzene rings is 3. The molecule has 0 aliphatic heterocycles. The molecule has 0 aromatic heterocycles. The lowest BCUT2D eigenvalue weighted by Crippen LogP contribution is -2.02. The standard InChI is InChI=1S/C18H15O3P.H3N/c1-4-10-16(11-5-1)19-22(20-17-12-6-2-7-13-17)21-18-14-8-3-9-15-18;/h1-15H;1H3. The minimum Gasteiger partial charge on any atom is -0.409 e. The lowest BCUT2D eigenvalue weighted by Gasteiger charge is -2.17. The summed E-state index contributed by atoms with van der Waals surface area (Å²) in [5, 5.41) is 0. The third-order valence-electron chi connectivity index (χ3n) is 2.77. The fourth-order valence-corrected chi connectivity index (χ4v) is 2.75. The molecule has 3 rings (SSSR count). The lowest BCUT2D eigenvalue weighted by molar-refractivity contribution is 0.388. The topological polar surface area (TPSA) is 62.7 Å². The summed E-state index contributed by atoms with van der Waals surface area (Å²) in [6.45, 7) is 0. The van der Waals surface area contributed by atoms with Gasteiger partial charge in [-0.25, -0.2) is 0 Å². The summed E-state index contributed by atoms with van der Waals surface area (Å²) in [6.07, 6.45) is 0. The third kappa shape index (κ3) is 5.29. The van der Waals surface area contributed by atoms with E-state index in [2.05, 4.69) is 0 Å². The Morgan fingerprint density at radius 3 is 0.957 bits per heavy atom. The van der Waals surface area contributed by atoms with E-state index >= 15 is 0 Å². The van der Waals surface area contributed by atoms with Crippen molar-refractivity contribution in [2.24, 2.45) is 0 Å². The number of rotatable bonds is 6. The van der Waals surface area contributed by atoms with Crippen LogP contribution in [-0.2, 0) is 0 Å². The Labute approximate surface area is 137 Å². The van der Waals surface area contributed by atoms with Crippen molar-refractivity contribution in [3.63, 3.8) is 0 Å². The summed E-state index contributed by atoms with van der Waals surface area (Å²) < 4.78 is 17.5. The predicted molar refractivity (Wildman–Crippen MR) is 93.2 cm³/mol. The van der Waals surface area contributed by atoms with Gasteiger partial charge in [-0.05, 0) is 36.4 Å². The second-order valence-corrected chi connectivity index (χ2v) is 5.43. The highest BCUT2D eigenvalue weighted by Crippen LogP contribution is 2.41. The zero-order valence-corrected chi connectivity index (χ0v) is 13.4. The Hall–Kier alpha value is -2.55. The zero-order valence-electron chi connectivity index (χ0n) is 12.5. The van der Waals surface area contributed by atoms with E-state index in [0.29, 0.717) is 17.2 Å². The molecule has 3 aromatic rings. The Morgan fingerprint density at radius 2 is 0.696 bits per heavy atom. The Bertz CT molecular complexity index is 582. The summed E-state index contributed by atoms with van der Waals surface area (Å²) in [4.78, 5) is 0. The molecule has 0 fully saturated rings. The van der Waals surface area contributed by atoms with Gasteiger partial charge in [-0.1, -0.05) is 54.6 Å². The van der Waals surface area contributed by atoms with Crippen LogP contribution in [0.15, 0.2) is 91.0 Å². The molecule has 0 unspecified atom stereocenters. The second kappa shape index (κ2) is 8.79. The number of hydrogen-bond donors (Lipinski definition) is 1. The highest BCUT2D eigenvalue weighted by atomic mass is 31.2. The van der Waals surface area contributed by atoms with Gasteiger partial charge in [0.25, 0.3) is 0 Å². The molecule has 0 heterocycles. The van der Waals surface area contributed by atoms with E-state index in [0.717, 1.165) is 0 Å². The van der Waals surface area contributed by atoms with Crippen molar-refractivity contribution in [3.05, 3.63) is 91.0 Å². The zero-order chi connectivity index (χ0) is 15.0. The van der Waals surface area contributed by atoms with Crippen molar-refractivity contribution >= 4 is 8.60 Å². The van der Waals surface area contributed by atoms with Gasteiger partial charge in [-0.3, -0.25) is 0 Å².